The van der Waals surface area contributed by atoms with Crippen LogP contribution in [0.1, 0.15) is 13.8 Å². The minimum Gasteiger partial charge on any atom is -0.494 e. The molecule has 0 bridgehead atoms. The summed E-state index contributed by atoms with van der Waals surface area (Å²) in [7, 11) is 0. The maximum atomic E-state index is 5.47. The molecule has 98 valence electrons. The molecule has 0 radical (unpaired) electrons. The van der Waals surface area contributed by atoms with Gasteiger partial charge in [-0.25, -0.2) is 4.98 Å². The molecular formula is C13H18N2O2S. The van der Waals surface area contributed by atoms with E-state index in [2.05, 4.69) is 10.3 Å². The fraction of sp³-hybridized carbons (Fsp3) is 0.462. The molecule has 1 N–H and O–H groups in total. The lowest BCUT2D eigenvalue weighted by Gasteiger charge is -2.01. The van der Waals surface area contributed by atoms with Gasteiger partial charge in [-0.2, -0.15) is 0 Å². The topological polar surface area (TPSA) is 43.4 Å². The van der Waals surface area contributed by atoms with E-state index in [4.69, 9.17) is 9.47 Å². The maximum absolute atomic E-state index is 5.47. The molecule has 1 aromatic carbocycles. The molecule has 1 heterocycles. The lowest BCUT2D eigenvalue weighted by Crippen LogP contribution is -2.08. The van der Waals surface area contributed by atoms with Gasteiger partial charge in [0.2, 0.25) is 0 Å². The Labute approximate surface area is 111 Å². The number of ether oxygens (including phenoxy) is 2. The number of hydrogen-bond acceptors (Lipinski definition) is 5. The first-order chi connectivity index (χ1) is 8.83. The number of thiazole rings is 1. The average Bonchev–Trinajstić information content (AvgIpc) is 2.77. The van der Waals surface area contributed by atoms with E-state index in [9.17, 15) is 0 Å². The average molecular weight is 266 g/mol. The zero-order valence-electron chi connectivity index (χ0n) is 10.7. The number of nitrogens with zero attached hydrogens (tertiary/aromatic N) is 1. The van der Waals surface area contributed by atoms with Gasteiger partial charge in [-0.05, 0) is 32.0 Å². The predicted octanol–water partition coefficient (Wildman–Crippen LogP) is 3.14. The van der Waals surface area contributed by atoms with Gasteiger partial charge in [0.05, 0.1) is 23.4 Å². The summed E-state index contributed by atoms with van der Waals surface area (Å²) in [4.78, 5) is 4.51. The van der Waals surface area contributed by atoms with Crippen molar-refractivity contribution in [2.24, 2.45) is 0 Å². The first-order valence-electron chi connectivity index (χ1n) is 6.18. The number of fused-ring (bicyclic) bond motifs is 1. The van der Waals surface area contributed by atoms with Crippen LogP contribution < -0.4 is 10.1 Å². The first kappa shape index (κ1) is 13.1. The molecule has 18 heavy (non-hydrogen) atoms. The summed E-state index contributed by atoms with van der Waals surface area (Å²) in [6, 6.07) is 5.98. The second-order valence-corrected chi connectivity index (χ2v) is 4.74. The van der Waals surface area contributed by atoms with Crippen molar-refractivity contribution in [3.63, 3.8) is 0 Å². The third kappa shape index (κ3) is 3.34. The van der Waals surface area contributed by atoms with Crippen molar-refractivity contribution in [2.45, 2.75) is 13.8 Å². The van der Waals surface area contributed by atoms with Gasteiger partial charge in [0, 0.05) is 13.2 Å². The Balaban J connectivity index is 2.02. The highest BCUT2D eigenvalue weighted by Crippen LogP contribution is 2.29. The fourth-order valence-electron chi connectivity index (χ4n) is 1.61. The minimum atomic E-state index is 0.684. The Morgan fingerprint density at radius 3 is 2.94 bits per heavy atom. The molecule has 5 heteroatoms. The number of aromatic nitrogens is 1. The van der Waals surface area contributed by atoms with Gasteiger partial charge in [0.1, 0.15) is 5.75 Å². The SMILES string of the molecule is CCOCCNc1nc2ccc(OCC)cc2s1. The number of rotatable bonds is 7. The van der Waals surface area contributed by atoms with Crippen molar-refractivity contribution < 1.29 is 9.47 Å². The molecule has 0 aliphatic carbocycles. The van der Waals surface area contributed by atoms with Crippen LogP contribution in [-0.4, -0.2) is 31.3 Å². The molecule has 0 aliphatic heterocycles. The van der Waals surface area contributed by atoms with E-state index in [0.29, 0.717) is 13.2 Å². The number of anilines is 1. The molecule has 2 aromatic rings. The summed E-state index contributed by atoms with van der Waals surface area (Å²) in [5, 5.41) is 4.19. The van der Waals surface area contributed by atoms with E-state index in [1.165, 1.54) is 0 Å². The summed E-state index contributed by atoms with van der Waals surface area (Å²) in [5.41, 5.74) is 1.00. The van der Waals surface area contributed by atoms with E-state index in [0.717, 1.165) is 34.2 Å². The van der Waals surface area contributed by atoms with Crippen molar-refractivity contribution in [1.82, 2.24) is 4.98 Å². The van der Waals surface area contributed by atoms with Gasteiger partial charge < -0.3 is 14.8 Å². The third-order valence-electron chi connectivity index (χ3n) is 2.40. The van der Waals surface area contributed by atoms with Crippen LogP contribution in [-0.2, 0) is 4.74 Å². The Hall–Kier alpha value is -1.33. The van der Waals surface area contributed by atoms with Crippen molar-refractivity contribution in [1.29, 1.82) is 0 Å². The lowest BCUT2D eigenvalue weighted by molar-refractivity contribution is 0.158. The van der Waals surface area contributed by atoms with Crippen LogP contribution in [0.4, 0.5) is 5.13 Å². The number of nitrogens with one attached hydrogen (secondary N) is 1. The van der Waals surface area contributed by atoms with Gasteiger partial charge in [0.25, 0.3) is 0 Å². The summed E-state index contributed by atoms with van der Waals surface area (Å²) >= 11 is 1.64. The van der Waals surface area contributed by atoms with Crippen LogP contribution in [0.2, 0.25) is 0 Å². The minimum absolute atomic E-state index is 0.684. The Morgan fingerprint density at radius 2 is 2.17 bits per heavy atom. The quantitative estimate of drug-likeness (QED) is 0.782. The molecule has 4 nitrogen and oxygen atoms in total. The predicted molar refractivity (Wildman–Crippen MR) is 75.8 cm³/mol. The van der Waals surface area contributed by atoms with E-state index in [-0.39, 0.29) is 0 Å². The molecule has 2 rings (SSSR count). The Kier molecular flexibility index (Phi) is 4.78. The molecular weight excluding hydrogens is 248 g/mol. The highest BCUT2D eigenvalue weighted by Gasteiger charge is 2.04. The van der Waals surface area contributed by atoms with Crippen LogP contribution in [0.25, 0.3) is 10.2 Å². The lowest BCUT2D eigenvalue weighted by atomic mass is 10.3. The molecule has 0 spiro atoms. The number of hydrogen-bond donors (Lipinski definition) is 1. The summed E-state index contributed by atoms with van der Waals surface area (Å²) in [6.07, 6.45) is 0. The fourth-order valence-corrected chi connectivity index (χ4v) is 2.53. The molecule has 0 aliphatic rings. The monoisotopic (exact) mass is 266 g/mol. The van der Waals surface area contributed by atoms with Gasteiger partial charge in [-0.15, -0.1) is 0 Å². The van der Waals surface area contributed by atoms with E-state index in [1.807, 2.05) is 32.0 Å². The number of benzene rings is 1. The molecule has 0 atom stereocenters. The van der Waals surface area contributed by atoms with E-state index < -0.39 is 0 Å². The molecule has 0 fully saturated rings. The summed E-state index contributed by atoms with van der Waals surface area (Å²) in [5.74, 6) is 0.898. The Morgan fingerprint density at radius 1 is 1.28 bits per heavy atom. The largest absolute Gasteiger partial charge is 0.494 e. The molecule has 0 saturated carbocycles. The second-order valence-electron chi connectivity index (χ2n) is 3.71. The molecule has 0 saturated heterocycles. The van der Waals surface area contributed by atoms with Crippen LogP contribution in [0, 0.1) is 0 Å². The van der Waals surface area contributed by atoms with Gasteiger partial charge in [-0.1, -0.05) is 11.3 Å². The van der Waals surface area contributed by atoms with Gasteiger partial charge in [0.15, 0.2) is 5.13 Å². The van der Waals surface area contributed by atoms with Gasteiger partial charge in [-0.3, -0.25) is 0 Å². The van der Waals surface area contributed by atoms with Crippen molar-refractivity contribution in [3.8, 4) is 5.75 Å². The third-order valence-corrected chi connectivity index (χ3v) is 3.37. The summed E-state index contributed by atoms with van der Waals surface area (Å²) in [6.45, 7) is 6.90. The van der Waals surface area contributed by atoms with Crippen molar-refractivity contribution in [3.05, 3.63) is 18.2 Å². The molecule has 0 amide bonds. The zero-order valence-corrected chi connectivity index (χ0v) is 11.5. The van der Waals surface area contributed by atoms with Crippen LogP contribution >= 0.6 is 11.3 Å². The molecule has 1 aromatic heterocycles. The van der Waals surface area contributed by atoms with E-state index >= 15 is 0 Å². The van der Waals surface area contributed by atoms with Crippen molar-refractivity contribution in [2.75, 3.05) is 31.7 Å². The van der Waals surface area contributed by atoms with Crippen LogP contribution in [0.15, 0.2) is 18.2 Å². The maximum Gasteiger partial charge on any atom is 0.183 e. The van der Waals surface area contributed by atoms with E-state index in [1.54, 1.807) is 11.3 Å². The first-order valence-corrected chi connectivity index (χ1v) is 7.00. The van der Waals surface area contributed by atoms with Crippen LogP contribution in [0.5, 0.6) is 5.75 Å². The normalized spacial score (nSPS) is 10.8. The smallest absolute Gasteiger partial charge is 0.183 e. The molecule has 0 unspecified atom stereocenters. The second kappa shape index (κ2) is 6.56. The Bertz CT molecular complexity index is 499. The van der Waals surface area contributed by atoms with Gasteiger partial charge >= 0.3 is 0 Å². The highest BCUT2D eigenvalue weighted by molar-refractivity contribution is 7.22. The van der Waals surface area contributed by atoms with Crippen LogP contribution in [0.3, 0.4) is 0 Å². The standard InChI is InChI=1S/C13H18N2O2S/c1-3-16-8-7-14-13-15-11-6-5-10(17-4-2)9-12(11)18-13/h5-6,9H,3-4,7-8H2,1-2H3,(H,14,15). The summed E-state index contributed by atoms with van der Waals surface area (Å²) < 4.78 is 11.9. The van der Waals surface area contributed by atoms with Crippen molar-refractivity contribution >= 4 is 26.7 Å². The zero-order chi connectivity index (χ0) is 12.8. The highest BCUT2D eigenvalue weighted by atomic mass is 32.1.